The van der Waals surface area contributed by atoms with Crippen molar-refractivity contribution in [3.8, 4) is 11.3 Å². The second-order valence-electron chi connectivity index (χ2n) is 8.19. The van der Waals surface area contributed by atoms with Gasteiger partial charge in [0.1, 0.15) is 5.76 Å². The topological polar surface area (TPSA) is 70.8 Å². The molecule has 1 N–H and O–H groups in total. The average Bonchev–Trinajstić information content (AvgIpc) is 3.12. The van der Waals surface area contributed by atoms with Crippen LogP contribution in [-0.2, 0) is 0 Å². The maximum atomic E-state index is 13.3. The summed E-state index contributed by atoms with van der Waals surface area (Å²) in [5, 5.41) is 9.74. The van der Waals surface area contributed by atoms with Crippen LogP contribution in [0.3, 0.4) is 0 Å². The first-order valence-electron chi connectivity index (χ1n) is 9.95. The predicted molar refractivity (Wildman–Crippen MR) is 113 cm³/mol. The van der Waals surface area contributed by atoms with E-state index >= 15 is 0 Å². The molecule has 0 radical (unpaired) electrons. The molecule has 1 atom stereocenters. The van der Waals surface area contributed by atoms with Crippen molar-refractivity contribution in [3.63, 3.8) is 0 Å². The summed E-state index contributed by atoms with van der Waals surface area (Å²) in [4.78, 5) is 28.1. The molecule has 1 unspecified atom stereocenters. The Morgan fingerprint density at radius 1 is 1.17 bits per heavy atom. The van der Waals surface area contributed by atoms with E-state index in [1.54, 1.807) is 30.0 Å². The van der Waals surface area contributed by atoms with Gasteiger partial charge in [-0.05, 0) is 37.3 Å². The molecule has 5 nitrogen and oxygen atoms in total. The largest absolute Gasteiger partial charge is 0.455 e. The minimum Gasteiger partial charge on any atom is -0.455 e. The predicted octanol–water partition coefficient (Wildman–Crippen LogP) is 4.00. The highest BCUT2D eigenvalue weighted by molar-refractivity contribution is 6.05. The summed E-state index contributed by atoms with van der Waals surface area (Å²) >= 11 is 0. The van der Waals surface area contributed by atoms with Crippen LogP contribution < -0.4 is 5.43 Å². The number of fused-ring (bicyclic) bond motifs is 1. The van der Waals surface area contributed by atoms with E-state index < -0.39 is 0 Å². The number of para-hydroxylation sites is 1. The number of carbonyl (C=O) groups is 1. The van der Waals surface area contributed by atoms with E-state index in [0.29, 0.717) is 47.4 Å². The molecule has 0 saturated carbocycles. The van der Waals surface area contributed by atoms with E-state index in [9.17, 15) is 14.7 Å². The number of aliphatic hydroxyl groups excluding tert-OH is 1. The lowest BCUT2D eigenvalue weighted by Gasteiger charge is -2.23. The van der Waals surface area contributed by atoms with Gasteiger partial charge < -0.3 is 14.4 Å². The number of carbonyl (C=O) groups excluding carboxylic acids is 1. The zero-order chi connectivity index (χ0) is 20.6. The molecule has 150 valence electrons. The number of hydrogen-bond donors (Lipinski definition) is 1. The van der Waals surface area contributed by atoms with Gasteiger partial charge in [0.25, 0.3) is 5.91 Å². The monoisotopic (exact) mass is 391 g/mol. The number of nitrogens with zero attached hydrogens (tertiary/aromatic N) is 1. The SMILES string of the molecule is Cc1c(-c2ccccc2)oc2c(C(=O)N3CCC(C)(CCO)C3)cccc2c1=O. The van der Waals surface area contributed by atoms with Crippen molar-refractivity contribution in [1.82, 2.24) is 4.90 Å². The molecule has 5 heteroatoms. The van der Waals surface area contributed by atoms with E-state index in [2.05, 4.69) is 6.92 Å². The van der Waals surface area contributed by atoms with Gasteiger partial charge in [0, 0.05) is 30.8 Å². The molecule has 2 heterocycles. The standard InChI is InChI=1S/C24H25NO4/c1-16-20(27)18-9-6-10-19(22(18)29-21(16)17-7-4-3-5-8-17)23(28)25-13-11-24(2,15-25)12-14-26/h3-10,26H,11-15H2,1-2H3. The third-order valence-corrected chi connectivity index (χ3v) is 5.97. The molecule has 1 saturated heterocycles. The number of rotatable bonds is 4. The van der Waals surface area contributed by atoms with Gasteiger partial charge in [-0.15, -0.1) is 0 Å². The van der Waals surface area contributed by atoms with Crippen LogP contribution in [0.15, 0.2) is 57.7 Å². The van der Waals surface area contributed by atoms with Crippen LogP contribution in [0.1, 0.15) is 35.7 Å². The molecule has 2 aromatic carbocycles. The molecule has 1 amide bonds. The second kappa shape index (κ2) is 7.48. The maximum Gasteiger partial charge on any atom is 0.257 e. The van der Waals surface area contributed by atoms with E-state index in [0.717, 1.165) is 12.0 Å². The van der Waals surface area contributed by atoms with Crippen LogP contribution in [0, 0.1) is 12.3 Å². The van der Waals surface area contributed by atoms with E-state index in [-0.39, 0.29) is 23.4 Å². The smallest absolute Gasteiger partial charge is 0.257 e. The molecule has 1 aliphatic heterocycles. The van der Waals surface area contributed by atoms with Gasteiger partial charge in [-0.1, -0.05) is 43.3 Å². The van der Waals surface area contributed by atoms with Crippen molar-refractivity contribution >= 4 is 16.9 Å². The van der Waals surface area contributed by atoms with Crippen molar-refractivity contribution < 1.29 is 14.3 Å². The van der Waals surface area contributed by atoms with Crippen LogP contribution in [-0.4, -0.2) is 35.6 Å². The van der Waals surface area contributed by atoms with Gasteiger partial charge in [0.2, 0.25) is 0 Å². The van der Waals surface area contributed by atoms with E-state index in [4.69, 9.17) is 4.42 Å². The lowest BCUT2D eigenvalue weighted by molar-refractivity contribution is 0.0768. The van der Waals surface area contributed by atoms with Crippen LogP contribution in [0.5, 0.6) is 0 Å². The van der Waals surface area contributed by atoms with Gasteiger partial charge in [0.05, 0.1) is 10.9 Å². The third-order valence-electron chi connectivity index (χ3n) is 5.97. The number of likely N-dealkylation sites (tertiary alicyclic amines) is 1. The molecular formula is C24H25NO4. The molecule has 4 rings (SSSR count). The Bertz CT molecular complexity index is 1120. The average molecular weight is 391 g/mol. The first-order chi connectivity index (χ1) is 13.9. The number of amides is 1. The summed E-state index contributed by atoms with van der Waals surface area (Å²) in [7, 11) is 0. The molecule has 0 bridgehead atoms. The number of aliphatic hydroxyl groups is 1. The molecule has 1 fully saturated rings. The summed E-state index contributed by atoms with van der Waals surface area (Å²) in [5.41, 5.74) is 1.88. The fraction of sp³-hybridized carbons (Fsp3) is 0.333. The van der Waals surface area contributed by atoms with Crippen molar-refractivity contribution in [2.75, 3.05) is 19.7 Å². The van der Waals surface area contributed by atoms with Crippen molar-refractivity contribution in [2.24, 2.45) is 5.41 Å². The first kappa shape index (κ1) is 19.4. The number of hydrogen-bond acceptors (Lipinski definition) is 4. The highest BCUT2D eigenvalue weighted by Gasteiger charge is 2.36. The van der Waals surface area contributed by atoms with Gasteiger partial charge in [0.15, 0.2) is 11.0 Å². The van der Waals surface area contributed by atoms with Crippen LogP contribution >= 0.6 is 0 Å². The van der Waals surface area contributed by atoms with Crippen LogP contribution in [0.2, 0.25) is 0 Å². The molecule has 29 heavy (non-hydrogen) atoms. The molecule has 0 aliphatic carbocycles. The molecular weight excluding hydrogens is 366 g/mol. The summed E-state index contributed by atoms with van der Waals surface area (Å²) in [6.07, 6.45) is 1.52. The highest BCUT2D eigenvalue weighted by Crippen LogP contribution is 2.35. The lowest BCUT2D eigenvalue weighted by atomic mass is 9.86. The zero-order valence-corrected chi connectivity index (χ0v) is 16.8. The number of benzene rings is 2. The quantitative estimate of drug-likeness (QED) is 0.730. The van der Waals surface area contributed by atoms with E-state index in [1.165, 1.54) is 0 Å². The fourth-order valence-electron chi connectivity index (χ4n) is 4.18. The molecule has 3 aromatic rings. The van der Waals surface area contributed by atoms with Crippen molar-refractivity contribution in [2.45, 2.75) is 26.7 Å². The minimum atomic E-state index is -0.136. The Balaban J connectivity index is 1.81. The summed E-state index contributed by atoms with van der Waals surface area (Å²) in [6, 6.07) is 14.6. The van der Waals surface area contributed by atoms with Gasteiger partial charge in [-0.3, -0.25) is 9.59 Å². The Labute approximate surface area is 169 Å². The Kier molecular flexibility index (Phi) is 5.01. The van der Waals surface area contributed by atoms with Gasteiger partial charge in [-0.2, -0.15) is 0 Å². The van der Waals surface area contributed by atoms with Gasteiger partial charge in [-0.25, -0.2) is 0 Å². The molecule has 1 aromatic heterocycles. The molecule has 0 spiro atoms. The van der Waals surface area contributed by atoms with E-state index in [1.807, 2.05) is 30.3 Å². The second-order valence-corrected chi connectivity index (χ2v) is 8.19. The van der Waals surface area contributed by atoms with Gasteiger partial charge >= 0.3 is 0 Å². The Hall–Kier alpha value is -2.92. The normalized spacial score (nSPS) is 19.1. The van der Waals surface area contributed by atoms with Crippen molar-refractivity contribution in [3.05, 3.63) is 69.9 Å². The summed E-state index contributed by atoms with van der Waals surface area (Å²) < 4.78 is 6.18. The summed E-state index contributed by atoms with van der Waals surface area (Å²) in [5.74, 6) is 0.359. The fourth-order valence-corrected chi connectivity index (χ4v) is 4.18. The van der Waals surface area contributed by atoms with Crippen LogP contribution in [0.4, 0.5) is 0 Å². The Morgan fingerprint density at radius 3 is 2.66 bits per heavy atom. The maximum absolute atomic E-state index is 13.3. The van der Waals surface area contributed by atoms with Crippen LogP contribution in [0.25, 0.3) is 22.3 Å². The van der Waals surface area contributed by atoms with Crippen molar-refractivity contribution in [1.29, 1.82) is 0 Å². The summed E-state index contributed by atoms with van der Waals surface area (Å²) in [6.45, 7) is 5.18. The highest BCUT2D eigenvalue weighted by atomic mass is 16.3. The minimum absolute atomic E-state index is 0.0817. The lowest BCUT2D eigenvalue weighted by Crippen LogP contribution is -2.31. The Morgan fingerprint density at radius 2 is 1.93 bits per heavy atom. The third kappa shape index (κ3) is 3.47. The molecule has 1 aliphatic rings. The first-order valence-corrected chi connectivity index (χ1v) is 9.95. The zero-order valence-electron chi connectivity index (χ0n) is 16.8.